The van der Waals surface area contributed by atoms with Crippen LogP contribution in [0, 0.1) is 12.8 Å². The molecule has 0 N–H and O–H groups in total. The van der Waals surface area contributed by atoms with E-state index in [2.05, 4.69) is 43.3 Å². The van der Waals surface area contributed by atoms with E-state index in [4.69, 9.17) is 7.16 Å². The van der Waals surface area contributed by atoms with Gasteiger partial charge in [-0.3, -0.25) is 0 Å². The number of rotatable bonds is 3. The van der Waals surface area contributed by atoms with Crippen molar-refractivity contribution in [2.45, 2.75) is 27.1 Å². The molecule has 2 nitrogen and oxygen atoms in total. The van der Waals surface area contributed by atoms with Crippen LogP contribution in [-0.2, 0) is 13.4 Å². The van der Waals surface area contributed by atoms with E-state index in [1.54, 1.807) is 0 Å². The molecule has 2 heteroatoms. The molecule has 2 aromatic heterocycles. The Morgan fingerprint density at radius 1 is 0.931 bits per heavy atom. The minimum absolute atomic E-state index is 0.111. The molecule has 0 fully saturated rings. The molecule has 29 heavy (non-hydrogen) atoms. The van der Waals surface area contributed by atoms with Gasteiger partial charge >= 0.3 is 0 Å². The predicted octanol–water partition coefficient (Wildman–Crippen LogP) is 6.74. The van der Waals surface area contributed by atoms with E-state index in [1.165, 1.54) is 5.39 Å². The molecule has 0 saturated carbocycles. The highest BCUT2D eigenvalue weighted by Gasteiger charge is 2.19. The summed E-state index contributed by atoms with van der Waals surface area (Å²) in [6.07, 6.45) is 0.556. The molecule has 0 aliphatic rings. The van der Waals surface area contributed by atoms with Crippen LogP contribution in [0.2, 0.25) is 0 Å². The number of hydrogen-bond donors (Lipinski definition) is 0. The van der Waals surface area contributed by atoms with Crippen LogP contribution in [0.5, 0.6) is 0 Å². The molecule has 3 aromatic carbocycles. The van der Waals surface area contributed by atoms with Crippen LogP contribution in [0.4, 0.5) is 0 Å². The lowest BCUT2D eigenvalue weighted by atomic mass is 9.97. The van der Waals surface area contributed by atoms with Gasteiger partial charge in [-0.1, -0.05) is 44.2 Å². The first-order valence-corrected chi connectivity index (χ1v) is 10.1. The van der Waals surface area contributed by atoms with Crippen molar-refractivity contribution in [2.24, 2.45) is 13.0 Å². The van der Waals surface area contributed by atoms with E-state index >= 15 is 0 Å². The fourth-order valence-electron chi connectivity index (χ4n) is 4.24. The monoisotopic (exact) mass is 382 g/mol. The third kappa shape index (κ3) is 2.91. The third-order valence-corrected chi connectivity index (χ3v) is 5.66. The minimum atomic E-state index is -1.39. The second-order valence-corrected chi connectivity index (χ2v) is 8.09. The second kappa shape index (κ2) is 6.73. The van der Waals surface area contributed by atoms with Crippen LogP contribution in [0.3, 0.4) is 0 Å². The molecule has 5 rings (SSSR count). The topological polar surface area (TPSA) is 17.0 Å². The van der Waals surface area contributed by atoms with Gasteiger partial charge in [0.2, 0.25) is 5.69 Å². The maximum Gasteiger partial charge on any atom is 0.212 e. The Bertz CT molecular complexity index is 1460. The van der Waals surface area contributed by atoms with Crippen molar-refractivity contribution < 1.29 is 11.7 Å². The van der Waals surface area contributed by atoms with Crippen LogP contribution in [-0.4, -0.2) is 0 Å². The first-order valence-electron chi connectivity index (χ1n) is 11.1. The molecule has 0 aliphatic heterocycles. The molecular weight excluding hydrogens is 354 g/mol. The summed E-state index contributed by atoms with van der Waals surface area (Å²) in [7, 11) is 2.00. The summed E-state index contributed by atoms with van der Waals surface area (Å²) in [6.45, 7) is 5.93. The Morgan fingerprint density at radius 3 is 2.52 bits per heavy atom. The van der Waals surface area contributed by atoms with Gasteiger partial charge in [-0.25, -0.2) is 4.57 Å². The van der Waals surface area contributed by atoms with E-state index in [0.29, 0.717) is 5.56 Å². The molecule has 0 unspecified atom stereocenters. The quantitative estimate of drug-likeness (QED) is 0.316. The first kappa shape index (κ1) is 15.8. The molecule has 0 bridgehead atoms. The van der Waals surface area contributed by atoms with Crippen LogP contribution in [0.1, 0.15) is 27.7 Å². The van der Waals surface area contributed by atoms with Gasteiger partial charge in [-0.2, -0.15) is 0 Å². The lowest BCUT2D eigenvalue weighted by molar-refractivity contribution is -0.660. The molecule has 0 radical (unpaired) electrons. The lowest BCUT2D eigenvalue weighted by Crippen LogP contribution is -2.30. The fraction of sp³-hybridized carbons (Fsp3) is 0.222. The summed E-state index contributed by atoms with van der Waals surface area (Å²) in [5.41, 5.74) is 5.61. The highest BCUT2D eigenvalue weighted by Crippen LogP contribution is 2.38. The Balaban J connectivity index is 1.76. The molecule has 0 saturated heterocycles. The molecule has 0 spiro atoms. The van der Waals surface area contributed by atoms with Crippen molar-refractivity contribution in [2.75, 3.05) is 0 Å². The Morgan fingerprint density at radius 2 is 1.69 bits per heavy atom. The maximum atomic E-state index is 8.53. The van der Waals surface area contributed by atoms with Crippen molar-refractivity contribution in [3.05, 3.63) is 78.0 Å². The summed E-state index contributed by atoms with van der Waals surface area (Å²) >= 11 is 0. The standard InChI is InChI=1S/C27H26NO/c1-17(2)15-19-13-14-28(4)25(16-19)21-11-12-23-24-10-9-20-7-5-6-8-22(20)27(24)29-26(23)18(21)3/h5-14,16-17H,15H2,1-4H3/q+1/i15D2. The molecule has 5 aromatic rings. The van der Waals surface area contributed by atoms with Gasteiger partial charge in [0.05, 0.1) is 5.56 Å². The first-order chi connectivity index (χ1) is 14.8. The van der Waals surface area contributed by atoms with E-state index in [0.717, 1.165) is 44.1 Å². The van der Waals surface area contributed by atoms with Crippen molar-refractivity contribution in [1.29, 1.82) is 0 Å². The van der Waals surface area contributed by atoms with Gasteiger partial charge in [0.25, 0.3) is 0 Å². The summed E-state index contributed by atoms with van der Waals surface area (Å²) in [5.74, 6) is -0.111. The minimum Gasteiger partial charge on any atom is -0.455 e. The van der Waals surface area contributed by atoms with Gasteiger partial charge in [-0.05, 0) is 48.4 Å². The second-order valence-electron chi connectivity index (χ2n) is 8.09. The number of pyridine rings is 1. The van der Waals surface area contributed by atoms with E-state index in [9.17, 15) is 0 Å². The Labute approximate surface area is 174 Å². The van der Waals surface area contributed by atoms with E-state index < -0.39 is 6.37 Å². The van der Waals surface area contributed by atoms with Gasteiger partial charge in [-0.15, -0.1) is 0 Å². The number of aromatic nitrogens is 1. The van der Waals surface area contributed by atoms with Crippen LogP contribution >= 0.6 is 0 Å². The average Bonchev–Trinajstić information content (AvgIpc) is 3.14. The highest BCUT2D eigenvalue weighted by molar-refractivity contribution is 6.15. The zero-order valence-electron chi connectivity index (χ0n) is 19.3. The molecule has 0 amide bonds. The SMILES string of the molecule is [2H]C([2H])(c1cc[n+](C)c(-c2ccc3c(oc4c5ccccc5ccc34)c2C)c1)C(C)C. The van der Waals surface area contributed by atoms with Gasteiger partial charge in [0, 0.05) is 36.6 Å². The summed E-state index contributed by atoms with van der Waals surface area (Å²) in [5, 5.41) is 4.52. The van der Waals surface area contributed by atoms with E-state index in [-0.39, 0.29) is 5.92 Å². The van der Waals surface area contributed by atoms with Crippen LogP contribution < -0.4 is 4.57 Å². The summed E-state index contributed by atoms with van der Waals surface area (Å²) in [4.78, 5) is 0. The Kier molecular flexibility index (Phi) is 3.66. The van der Waals surface area contributed by atoms with Crippen molar-refractivity contribution >= 4 is 32.7 Å². The van der Waals surface area contributed by atoms with Crippen molar-refractivity contribution in [1.82, 2.24) is 0 Å². The number of fused-ring (bicyclic) bond motifs is 5. The fourth-order valence-corrected chi connectivity index (χ4v) is 4.24. The number of hydrogen-bond acceptors (Lipinski definition) is 1. The van der Waals surface area contributed by atoms with Crippen molar-refractivity contribution in [3.63, 3.8) is 0 Å². The van der Waals surface area contributed by atoms with E-state index in [1.807, 2.05) is 55.9 Å². The lowest BCUT2D eigenvalue weighted by Gasteiger charge is -2.08. The molecule has 0 atom stereocenters. The molecule has 2 heterocycles. The highest BCUT2D eigenvalue weighted by atomic mass is 16.3. The third-order valence-electron chi connectivity index (χ3n) is 5.66. The van der Waals surface area contributed by atoms with Crippen LogP contribution in [0.15, 0.2) is 71.3 Å². The van der Waals surface area contributed by atoms with Gasteiger partial charge in [0.15, 0.2) is 6.20 Å². The molecular formula is C27H26NO+. The largest absolute Gasteiger partial charge is 0.455 e. The van der Waals surface area contributed by atoms with Gasteiger partial charge in [0.1, 0.15) is 18.2 Å². The zero-order chi connectivity index (χ0) is 21.9. The summed E-state index contributed by atoms with van der Waals surface area (Å²) in [6, 6.07) is 20.7. The zero-order valence-corrected chi connectivity index (χ0v) is 17.3. The van der Waals surface area contributed by atoms with Crippen molar-refractivity contribution in [3.8, 4) is 11.3 Å². The predicted molar refractivity (Wildman–Crippen MR) is 121 cm³/mol. The smallest absolute Gasteiger partial charge is 0.212 e. The van der Waals surface area contributed by atoms with Gasteiger partial charge < -0.3 is 4.42 Å². The average molecular weight is 383 g/mol. The number of aryl methyl sites for hydroxylation is 2. The number of benzene rings is 3. The van der Waals surface area contributed by atoms with Crippen LogP contribution in [0.25, 0.3) is 44.0 Å². The molecule has 144 valence electrons. The Hall–Kier alpha value is -3.13. The number of furan rings is 1. The summed E-state index contributed by atoms with van der Waals surface area (Å²) < 4.78 is 25.5. The maximum absolute atomic E-state index is 8.53. The number of nitrogens with zero attached hydrogens (tertiary/aromatic N) is 1. The molecule has 0 aliphatic carbocycles. The normalized spacial score (nSPS) is 13.4.